The molecule has 0 spiro atoms. The standard InChI is InChI=1S/C12H16O/c1-3-13-12-7-4-9(2)8-11(12)10-5-6-10/h4,7-8,10H,3,5-6H2,1-2H3. The number of hydrogen-bond donors (Lipinski definition) is 0. The molecule has 70 valence electrons. The molecule has 0 atom stereocenters. The van der Waals surface area contributed by atoms with Crippen LogP contribution in [0.2, 0.25) is 0 Å². The Morgan fingerprint density at radius 3 is 2.77 bits per heavy atom. The van der Waals surface area contributed by atoms with Gasteiger partial charge in [-0.05, 0) is 44.2 Å². The van der Waals surface area contributed by atoms with E-state index in [2.05, 4.69) is 25.1 Å². The number of benzene rings is 1. The first-order valence-electron chi connectivity index (χ1n) is 5.04. The van der Waals surface area contributed by atoms with Crippen molar-refractivity contribution in [1.82, 2.24) is 0 Å². The third-order valence-electron chi connectivity index (χ3n) is 2.48. The van der Waals surface area contributed by atoms with E-state index in [0.29, 0.717) is 0 Å². The molecule has 0 heterocycles. The van der Waals surface area contributed by atoms with E-state index in [1.165, 1.54) is 24.0 Å². The second kappa shape index (κ2) is 3.41. The fourth-order valence-electron chi connectivity index (χ4n) is 1.67. The smallest absolute Gasteiger partial charge is 0.122 e. The fraction of sp³-hybridized carbons (Fsp3) is 0.500. The monoisotopic (exact) mass is 176 g/mol. The quantitative estimate of drug-likeness (QED) is 0.686. The SMILES string of the molecule is CCOc1ccc(C)cc1C1CC1. The number of ether oxygens (including phenoxy) is 1. The minimum absolute atomic E-state index is 0.767. The van der Waals surface area contributed by atoms with Crippen LogP contribution in [0.1, 0.15) is 36.8 Å². The van der Waals surface area contributed by atoms with Crippen LogP contribution < -0.4 is 4.74 Å². The molecule has 1 aliphatic rings. The molecule has 1 aliphatic carbocycles. The minimum Gasteiger partial charge on any atom is -0.494 e. The Morgan fingerprint density at radius 1 is 1.38 bits per heavy atom. The van der Waals surface area contributed by atoms with Gasteiger partial charge in [-0.15, -0.1) is 0 Å². The lowest BCUT2D eigenvalue weighted by atomic mass is 10.1. The summed E-state index contributed by atoms with van der Waals surface area (Å²) < 4.78 is 5.59. The Hall–Kier alpha value is -0.980. The van der Waals surface area contributed by atoms with Gasteiger partial charge in [-0.1, -0.05) is 17.7 Å². The van der Waals surface area contributed by atoms with Gasteiger partial charge < -0.3 is 4.74 Å². The van der Waals surface area contributed by atoms with E-state index in [1.54, 1.807) is 0 Å². The first-order chi connectivity index (χ1) is 6.31. The van der Waals surface area contributed by atoms with Gasteiger partial charge in [-0.2, -0.15) is 0 Å². The normalized spacial score (nSPS) is 15.8. The summed E-state index contributed by atoms with van der Waals surface area (Å²) in [4.78, 5) is 0. The first-order valence-corrected chi connectivity index (χ1v) is 5.04. The van der Waals surface area contributed by atoms with Crippen molar-refractivity contribution >= 4 is 0 Å². The van der Waals surface area contributed by atoms with Crippen molar-refractivity contribution in [3.05, 3.63) is 29.3 Å². The zero-order chi connectivity index (χ0) is 9.26. The number of hydrogen-bond acceptors (Lipinski definition) is 1. The molecule has 0 bridgehead atoms. The lowest BCUT2D eigenvalue weighted by molar-refractivity contribution is 0.336. The maximum absolute atomic E-state index is 5.59. The third kappa shape index (κ3) is 1.85. The summed E-state index contributed by atoms with van der Waals surface area (Å²) in [7, 11) is 0. The second-order valence-corrected chi connectivity index (χ2v) is 3.75. The maximum atomic E-state index is 5.59. The highest BCUT2D eigenvalue weighted by Gasteiger charge is 2.26. The molecule has 2 rings (SSSR count). The lowest BCUT2D eigenvalue weighted by Crippen LogP contribution is -1.95. The van der Waals surface area contributed by atoms with Crippen molar-refractivity contribution in [3.63, 3.8) is 0 Å². The van der Waals surface area contributed by atoms with Crippen molar-refractivity contribution in [2.24, 2.45) is 0 Å². The van der Waals surface area contributed by atoms with Crippen LogP contribution in [-0.4, -0.2) is 6.61 Å². The van der Waals surface area contributed by atoms with Crippen LogP contribution >= 0.6 is 0 Å². The summed E-state index contributed by atoms with van der Waals surface area (Å²) in [6, 6.07) is 6.49. The van der Waals surface area contributed by atoms with Gasteiger partial charge in [0.05, 0.1) is 6.61 Å². The summed E-state index contributed by atoms with van der Waals surface area (Å²) in [5.41, 5.74) is 2.76. The molecule has 1 fully saturated rings. The van der Waals surface area contributed by atoms with Crippen molar-refractivity contribution < 1.29 is 4.74 Å². The lowest BCUT2D eigenvalue weighted by Gasteiger charge is -2.09. The molecule has 1 saturated carbocycles. The molecule has 1 aromatic carbocycles. The van der Waals surface area contributed by atoms with E-state index >= 15 is 0 Å². The Balaban J connectivity index is 2.30. The largest absolute Gasteiger partial charge is 0.494 e. The zero-order valence-corrected chi connectivity index (χ0v) is 8.34. The number of rotatable bonds is 3. The predicted octanol–water partition coefficient (Wildman–Crippen LogP) is 3.27. The summed E-state index contributed by atoms with van der Waals surface area (Å²) in [6.45, 7) is 4.95. The van der Waals surface area contributed by atoms with E-state index < -0.39 is 0 Å². The molecule has 0 radical (unpaired) electrons. The van der Waals surface area contributed by atoms with Crippen molar-refractivity contribution in [3.8, 4) is 5.75 Å². The second-order valence-electron chi connectivity index (χ2n) is 3.75. The summed E-state index contributed by atoms with van der Waals surface area (Å²) >= 11 is 0. The molecule has 13 heavy (non-hydrogen) atoms. The topological polar surface area (TPSA) is 9.23 Å². The van der Waals surface area contributed by atoms with Crippen LogP contribution in [-0.2, 0) is 0 Å². The molecule has 1 nitrogen and oxygen atoms in total. The Morgan fingerprint density at radius 2 is 2.15 bits per heavy atom. The van der Waals surface area contributed by atoms with Crippen molar-refractivity contribution in [2.45, 2.75) is 32.6 Å². The predicted molar refractivity (Wildman–Crippen MR) is 54.3 cm³/mol. The van der Waals surface area contributed by atoms with Crippen LogP contribution in [0.25, 0.3) is 0 Å². The van der Waals surface area contributed by atoms with Crippen LogP contribution in [0.15, 0.2) is 18.2 Å². The molecule has 1 aromatic rings. The highest BCUT2D eigenvalue weighted by atomic mass is 16.5. The summed E-state index contributed by atoms with van der Waals surface area (Å²) in [5, 5.41) is 0. The van der Waals surface area contributed by atoms with E-state index in [4.69, 9.17) is 4.74 Å². The van der Waals surface area contributed by atoms with Gasteiger partial charge in [-0.25, -0.2) is 0 Å². The Kier molecular flexibility index (Phi) is 2.26. The maximum Gasteiger partial charge on any atom is 0.122 e. The average Bonchev–Trinajstić information content (AvgIpc) is 2.91. The van der Waals surface area contributed by atoms with Gasteiger partial charge in [0.1, 0.15) is 5.75 Å². The summed E-state index contributed by atoms with van der Waals surface area (Å²) in [5.74, 6) is 1.87. The Bertz CT molecular complexity index is 300. The van der Waals surface area contributed by atoms with Crippen LogP contribution in [0.4, 0.5) is 0 Å². The van der Waals surface area contributed by atoms with E-state index in [1.807, 2.05) is 6.92 Å². The molecule has 0 saturated heterocycles. The van der Waals surface area contributed by atoms with E-state index in [9.17, 15) is 0 Å². The van der Waals surface area contributed by atoms with Gasteiger partial charge in [-0.3, -0.25) is 0 Å². The highest BCUT2D eigenvalue weighted by Crippen LogP contribution is 2.44. The van der Waals surface area contributed by atoms with Gasteiger partial charge in [0.2, 0.25) is 0 Å². The third-order valence-corrected chi connectivity index (χ3v) is 2.48. The van der Waals surface area contributed by atoms with Gasteiger partial charge in [0.15, 0.2) is 0 Å². The van der Waals surface area contributed by atoms with Crippen molar-refractivity contribution in [1.29, 1.82) is 0 Å². The molecule has 0 unspecified atom stereocenters. The molecule has 0 aliphatic heterocycles. The van der Waals surface area contributed by atoms with Crippen molar-refractivity contribution in [2.75, 3.05) is 6.61 Å². The Labute approximate surface area is 79.7 Å². The van der Waals surface area contributed by atoms with Crippen LogP contribution in [0, 0.1) is 6.92 Å². The van der Waals surface area contributed by atoms with Gasteiger partial charge in [0.25, 0.3) is 0 Å². The highest BCUT2D eigenvalue weighted by molar-refractivity contribution is 5.41. The van der Waals surface area contributed by atoms with Gasteiger partial charge in [0, 0.05) is 0 Å². The van der Waals surface area contributed by atoms with E-state index in [0.717, 1.165) is 18.3 Å². The molecule has 0 aromatic heterocycles. The fourth-order valence-corrected chi connectivity index (χ4v) is 1.67. The van der Waals surface area contributed by atoms with Gasteiger partial charge >= 0.3 is 0 Å². The average molecular weight is 176 g/mol. The molecule has 0 amide bonds. The molecule has 0 N–H and O–H groups in total. The molecule has 1 heteroatoms. The molecular formula is C12H16O. The number of aryl methyl sites for hydroxylation is 1. The minimum atomic E-state index is 0.767. The van der Waals surface area contributed by atoms with Crippen LogP contribution in [0.5, 0.6) is 5.75 Å². The van der Waals surface area contributed by atoms with E-state index in [-0.39, 0.29) is 0 Å². The van der Waals surface area contributed by atoms with Crippen LogP contribution in [0.3, 0.4) is 0 Å². The zero-order valence-electron chi connectivity index (χ0n) is 8.34. The summed E-state index contributed by atoms with van der Waals surface area (Å²) in [6.07, 6.45) is 2.67. The molecular weight excluding hydrogens is 160 g/mol. The first kappa shape index (κ1) is 8.61.